The fourth-order valence-corrected chi connectivity index (χ4v) is 1.02. The van der Waals surface area contributed by atoms with Gasteiger partial charge in [-0.25, -0.2) is 4.79 Å². The number of carbonyl (C=O) groups is 1. The predicted molar refractivity (Wildman–Crippen MR) is 35.4 cm³/mol. The molecule has 12 heavy (non-hydrogen) atoms. The molecule has 1 aliphatic rings. The fourth-order valence-electron chi connectivity index (χ4n) is 1.02. The highest BCUT2D eigenvalue weighted by atomic mass is 16.5. The summed E-state index contributed by atoms with van der Waals surface area (Å²) in [6.07, 6.45) is -5.72. The zero-order valence-corrected chi connectivity index (χ0v) is 6.12. The topological polar surface area (TPSA) is 107 Å². The molecule has 0 aromatic carbocycles. The van der Waals surface area contributed by atoms with Crippen molar-refractivity contribution < 1.29 is 30.0 Å². The quantitative estimate of drug-likeness (QED) is 0.355. The number of hydrogen-bond acceptors (Lipinski definition) is 5. The maximum absolute atomic E-state index is 10.3. The summed E-state index contributed by atoms with van der Waals surface area (Å²) in [6, 6.07) is 0. The predicted octanol–water partition coefficient (Wildman–Crippen LogP) is -2.45. The average molecular weight is 178 g/mol. The first kappa shape index (κ1) is 9.40. The van der Waals surface area contributed by atoms with E-state index in [-0.39, 0.29) is 6.61 Å². The Balaban J connectivity index is 2.65. The number of ether oxygens (including phenoxy) is 1. The molecule has 4 atom stereocenters. The Kier molecular flexibility index (Phi) is 2.63. The molecule has 0 spiro atoms. The van der Waals surface area contributed by atoms with Crippen molar-refractivity contribution in [2.24, 2.45) is 0 Å². The van der Waals surface area contributed by atoms with E-state index in [0.29, 0.717) is 0 Å². The highest BCUT2D eigenvalue weighted by Gasteiger charge is 2.41. The summed E-state index contributed by atoms with van der Waals surface area (Å²) >= 11 is 0. The van der Waals surface area contributed by atoms with Crippen LogP contribution < -0.4 is 0 Å². The second-order valence-electron chi connectivity index (χ2n) is 2.64. The van der Waals surface area contributed by atoms with Gasteiger partial charge in [0.1, 0.15) is 18.3 Å². The maximum Gasteiger partial charge on any atom is 0.335 e. The Labute approximate surface area is 68.0 Å². The molecule has 1 fully saturated rings. The molecule has 70 valence electrons. The van der Waals surface area contributed by atoms with Crippen LogP contribution in [0.1, 0.15) is 0 Å². The maximum atomic E-state index is 10.3. The van der Waals surface area contributed by atoms with Crippen molar-refractivity contribution in [1.82, 2.24) is 0 Å². The van der Waals surface area contributed by atoms with Crippen LogP contribution in [-0.4, -0.2) is 57.4 Å². The van der Waals surface area contributed by atoms with Gasteiger partial charge in [-0.3, -0.25) is 0 Å². The van der Waals surface area contributed by atoms with Gasteiger partial charge in [-0.15, -0.1) is 0 Å². The van der Waals surface area contributed by atoms with E-state index in [2.05, 4.69) is 4.74 Å². The minimum absolute atomic E-state index is 0.283. The molecule has 0 saturated carbocycles. The molecule has 0 amide bonds. The van der Waals surface area contributed by atoms with E-state index in [0.717, 1.165) is 0 Å². The zero-order valence-electron chi connectivity index (χ0n) is 6.12. The van der Waals surface area contributed by atoms with Crippen molar-refractivity contribution in [3.05, 3.63) is 0 Å². The number of carboxylic acids is 1. The molecular weight excluding hydrogens is 168 g/mol. The van der Waals surface area contributed by atoms with Crippen LogP contribution in [0.5, 0.6) is 0 Å². The molecule has 6 heteroatoms. The monoisotopic (exact) mass is 178 g/mol. The molecule has 0 aliphatic carbocycles. The van der Waals surface area contributed by atoms with Gasteiger partial charge >= 0.3 is 5.97 Å². The first-order valence-electron chi connectivity index (χ1n) is 3.42. The summed E-state index contributed by atoms with van der Waals surface area (Å²) in [7, 11) is 0. The molecule has 4 N–H and O–H groups in total. The van der Waals surface area contributed by atoms with Crippen molar-refractivity contribution in [2.45, 2.75) is 24.4 Å². The lowest BCUT2D eigenvalue weighted by Gasteiger charge is -2.32. The summed E-state index contributed by atoms with van der Waals surface area (Å²) in [5.41, 5.74) is 0. The molecule has 6 nitrogen and oxygen atoms in total. The third kappa shape index (κ3) is 1.56. The largest absolute Gasteiger partial charge is 0.479 e. The van der Waals surface area contributed by atoms with Crippen LogP contribution in [0.25, 0.3) is 0 Å². The number of aliphatic hydroxyl groups excluding tert-OH is 3. The molecule has 0 bridgehead atoms. The summed E-state index contributed by atoms with van der Waals surface area (Å²) in [5.74, 6) is -1.35. The smallest absolute Gasteiger partial charge is 0.335 e. The van der Waals surface area contributed by atoms with E-state index >= 15 is 0 Å². The van der Waals surface area contributed by atoms with E-state index in [4.69, 9.17) is 20.4 Å². The first-order chi connectivity index (χ1) is 5.54. The summed E-state index contributed by atoms with van der Waals surface area (Å²) in [6.45, 7) is -0.283. The summed E-state index contributed by atoms with van der Waals surface area (Å²) in [4.78, 5) is 10.3. The van der Waals surface area contributed by atoms with E-state index in [1.54, 1.807) is 0 Å². The Morgan fingerprint density at radius 3 is 2.33 bits per heavy atom. The van der Waals surface area contributed by atoms with Gasteiger partial charge in [-0.1, -0.05) is 0 Å². The van der Waals surface area contributed by atoms with Gasteiger partial charge in [0.2, 0.25) is 0 Å². The minimum atomic E-state index is -1.58. The van der Waals surface area contributed by atoms with Crippen molar-refractivity contribution in [2.75, 3.05) is 6.61 Å². The molecule has 1 saturated heterocycles. The standard InChI is InChI=1S/C6H10O6/c7-2-1-12-5(6(10)11)4(9)3(2)8/h2-5,7-9H,1H2,(H,10,11)/t2-,3+,4+,5+/m1/s1. The van der Waals surface area contributed by atoms with E-state index in [9.17, 15) is 4.79 Å². The van der Waals surface area contributed by atoms with Crippen LogP contribution >= 0.6 is 0 Å². The van der Waals surface area contributed by atoms with Crippen LogP contribution in [0, 0.1) is 0 Å². The zero-order chi connectivity index (χ0) is 9.30. The first-order valence-corrected chi connectivity index (χ1v) is 3.42. The molecule has 0 aromatic heterocycles. The van der Waals surface area contributed by atoms with Gasteiger partial charge in [0.05, 0.1) is 6.61 Å². The molecule has 1 heterocycles. The van der Waals surface area contributed by atoms with E-state index in [1.807, 2.05) is 0 Å². The van der Waals surface area contributed by atoms with E-state index in [1.165, 1.54) is 0 Å². The van der Waals surface area contributed by atoms with Crippen LogP contribution in [0.3, 0.4) is 0 Å². The lowest BCUT2D eigenvalue weighted by molar-refractivity contribution is -0.201. The van der Waals surface area contributed by atoms with Gasteiger partial charge in [0.25, 0.3) is 0 Å². The number of aliphatic hydroxyl groups is 3. The second-order valence-corrected chi connectivity index (χ2v) is 2.64. The minimum Gasteiger partial charge on any atom is -0.479 e. The molecule has 0 unspecified atom stereocenters. The summed E-state index contributed by atoms with van der Waals surface area (Å²) in [5, 5.41) is 35.4. The van der Waals surface area contributed by atoms with E-state index < -0.39 is 30.4 Å². The van der Waals surface area contributed by atoms with Gasteiger partial charge in [-0.05, 0) is 0 Å². The van der Waals surface area contributed by atoms with Crippen molar-refractivity contribution in [3.8, 4) is 0 Å². The second kappa shape index (κ2) is 3.36. The van der Waals surface area contributed by atoms with Crippen molar-refractivity contribution in [1.29, 1.82) is 0 Å². The Hall–Kier alpha value is -0.690. The molecule has 0 aromatic rings. The lowest BCUT2D eigenvalue weighted by Crippen LogP contribution is -2.55. The van der Waals surface area contributed by atoms with Crippen LogP contribution in [0.15, 0.2) is 0 Å². The third-order valence-corrected chi connectivity index (χ3v) is 1.74. The van der Waals surface area contributed by atoms with Gasteiger partial charge in [0.15, 0.2) is 6.10 Å². The van der Waals surface area contributed by atoms with Crippen LogP contribution in [0.4, 0.5) is 0 Å². The number of aliphatic carboxylic acids is 1. The highest BCUT2D eigenvalue weighted by molar-refractivity contribution is 5.73. The SMILES string of the molecule is O=C(O)[C@H]1OC[C@@H](O)[C@H](O)[C@@H]1O. The van der Waals surface area contributed by atoms with Crippen molar-refractivity contribution >= 4 is 5.97 Å². The van der Waals surface area contributed by atoms with Gasteiger partial charge < -0.3 is 25.2 Å². The van der Waals surface area contributed by atoms with Crippen molar-refractivity contribution in [3.63, 3.8) is 0 Å². The third-order valence-electron chi connectivity index (χ3n) is 1.74. The average Bonchev–Trinajstić information content (AvgIpc) is 2.00. The Morgan fingerprint density at radius 1 is 1.25 bits per heavy atom. The molecule has 1 aliphatic heterocycles. The molecule has 1 rings (SSSR count). The summed E-state index contributed by atoms with van der Waals surface area (Å²) < 4.78 is 4.57. The van der Waals surface area contributed by atoms with Crippen LogP contribution in [-0.2, 0) is 9.53 Å². The fraction of sp³-hybridized carbons (Fsp3) is 0.833. The van der Waals surface area contributed by atoms with Gasteiger partial charge in [-0.2, -0.15) is 0 Å². The normalized spacial score (nSPS) is 42.6. The van der Waals surface area contributed by atoms with Crippen LogP contribution in [0.2, 0.25) is 0 Å². The molecule has 0 radical (unpaired) electrons. The van der Waals surface area contributed by atoms with Gasteiger partial charge in [0, 0.05) is 0 Å². The molecular formula is C6H10O6. The lowest BCUT2D eigenvalue weighted by atomic mass is 10.0. The number of hydrogen-bond donors (Lipinski definition) is 4. The Morgan fingerprint density at radius 2 is 1.83 bits per heavy atom. The highest BCUT2D eigenvalue weighted by Crippen LogP contribution is 2.15. The Bertz CT molecular complexity index is 181. The number of rotatable bonds is 1. The number of carboxylic acid groups (broad SMARTS) is 1.